The molecule has 0 saturated heterocycles. The number of nitrogens with two attached hydrogens (primary N) is 1. The molecule has 1 aromatic carbocycles. The van der Waals surface area contributed by atoms with Crippen LogP contribution in [0.5, 0.6) is 0 Å². The predicted octanol–water partition coefficient (Wildman–Crippen LogP) is 6.31. The van der Waals surface area contributed by atoms with E-state index in [0.717, 1.165) is 17.7 Å². The molecule has 2 aromatic rings. The molecular weight excluding hydrogens is 610 g/mol. The molecule has 1 aliphatic heterocycles. The fraction of sp³-hybridized carbons (Fsp3) is 0.600. The van der Waals surface area contributed by atoms with Crippen LogP contribution in [0.1, 0.15) is 105 Å². The van der Waals surface area contributed by atoms with Crippen molar-refractivity contribution in [1.82, 2.24) is 14.5 Å². The number of amides is 1. The van der Waals surface area contributed by atoms with Crippen molar-refractivity contribution in [2.75, 3.05) is 6.54 Å². The van der Waals surface area contributed by atoms with Crippen molar-refractivity contribution in [3.63, 3.8) is 0 Å². The summed E-state index contributed by atoms with van der Waals surface area (Å²) < 4.78 is 80.1. The van der Waals surface area contributed by atoms with Gasteiger partial charge in [-0.3, -0.25) is 9.59 Å². The molecule has 0 bridgehead atoms. The number of alkyl halides is 3. The first-order valence-electron chi connectivity index (χ1n) is 14.9. The summed E-state index contributed by atoms with van der Waals surface area (Å²) in [6, 6.07) is -0.00786. The number of halogens is 6. The molecule has 45 heavy (non-hydrogen) atoms. The van der Waals surface area contributed by atoms with Gasteiger partial charge in [0.2, 0.25) is 11.7 Å². The lowest BCUT2D eigenvalue weighted by molar-refractivity contribution is -0.148. The van der Waals surface area contributed by atoms with Crippen LogP contribution < -0.4 is 5.73 Å². The summed E-state index contributed by atoms with van der Waals surface area (Å²) in [7, 11) is 0. The minimum absolute atomic E-state index is 0.156. The third-order valence-electron chi connectivity index (χ3n) is 7.32. The van der Waals surface area contributed by atoms with E-state index in [9.17, 15) is 40.7 Å². The Bertz CT molecular complexity index is 1300. The van der Waals surface area contributed by atoms with Crippen molar-refractivity contribution < 1.29 is 50.9 Å². The van der Waals surface area contributed by atoms with E-state index in [-0.39, 0.29) is 37.2 Å². The van der Waals surface area contributed by atoms with E-state index in [1.807, 2.05) is 0 Å². The number of aromatic nitrogens is 2. The zero-order valence-corrected chi connectivity index (χ0v) is 25.1. The molecule has 1 atom stereocenters. The number of rotatable bonds is 15. The SMILES string of the molecule is CCCCCCCCCCCC(=O)O.N[C@@H](CC(=O)N1CCn2c(C(F)(F)F)nc(C(=O)O)c2C1)Cc1cc(F)c(F)cc1F. The average molecular weight is 651 g/mol. The zero-order valence-electron chi connectivity index (χ0n) is 25.1. The molecule has 9 nitrogen and oxygen atoms in total. The molecule has 15 heteroatoms. The normalized spacial score (nSPS) is 13.6. The Morgan fingerprint density at radius 1 is 0.911 bits per heavy atom. The standard InChI is InChI=1S/C18H16F6N4O3.C12H24O2/c19-10-6-12(21)11(20)4-8(10)3-9(25)5-14(29)27-1-2-28-13(7-27)15(16(30)31)26-17(28)18(22,23)24;1-2-3-4-5-6-7-8-9-10-11-12(13)14/h4,6,9H,1-3,5,7,25H2,(H,30,31);2-11H2,1H3,(H,13,14)/t9-;/m1./s1. The zero-order chi connectivity index (χ0) is 33.7. The maximum Gasteiger partial charge on any atom is 0.449 e. The molecule has 0 aliphatic carbocycles. The average Bonchev–Trinajstić information content (AvgIpc) is 3.35. The summed E-state index contributed by atoms with van der Waals surface area (Å²) in [5.74, 6) is -7.99. The Balaban J connectivity index is 0.000000426. The lowest BCUT2D eigenvalue weighted by Crippen LogP contribution is -2.42. The number of imidazole rings is 1. The third kappa shape index (κ3) is 12.0. The Kier molecular flexibility index (Phi) is 14.8. The fourth-order valence-electron chi connectivity index (χ4n) is 4.98. The number of carboxylic acid groups (broad SMARTS) is 2. The van der Waals surface area contributed by atoms with Crippen LogP contribution in [0.3, 0.4) is 0 Å². The second-order valence-corrected chi connectivity index (χ2v) is 11.0. The number of carboxylic acids is 2. The number of fused-ring (bicyclic) bond motifs is 1. The molecule has 0 fully saturated rings. The summed E-state index contributed by atoms with van der Waals surface area (Å²) >= 11 is 0. The van der Waals surface area contributed by atoms with Gasteiger partial charge < -0.3 is 25.4 Å². The minimum atomic E-state index is -4.87. The van der Waals surface area contributed by atoms with Crippen LogP contribution in [-0.4, -0.2) is 55.1 Å². The summed E-state index contributed by atoms with van der Waals surface area (Å²) in [4.78, 5) is 38.3. The van der Waals surface area contributed by atoms with Gasteiger partial charge in [0.15, 0.2) is 17.3 Å². The van der Waals surface area contributed by atoms with Gasteiger partial charge in [-0.1, -0.05) is 58.3 Å². The first kappa shape index (κ1) is 37.6. The Hall–Kier alpha value is -3.62. The monoisotopic (exact) mass is 650 g/mol. The number of hydrogen-bond donors (Lipinski definition) is 3. The second-order valence-electron chi connectivity index (χ2n) is 11.0. The molecule has 0 radical (unpaired) electrons. The summed E-state index contributed by atoms with van der Waals surface area (Å²) in [6.07, 6.45) is 5.94. The highest BCUT2D eigenvalue weighted by molar-refractivity contribution is 5.87. The number of hydrogen-bond acceptors (Lipinski definition) is 5. The van der Waals surface area contributed by atoms with Gasteiger partial charge in [0.1, 0.15) is 5.82 Å². The van der Waals surface area contributed by atoms with Crippen molar-refractivity contribution in [2.45, 2.75) is 109 Å². The lowest BCUT2D eigenvalue weighted by Gasteiger charge is -2.30. The van der Waals surface area contributed by atoms with Gasteiger partial charge in [0.05, 0.1) is 12.2 Å². The van der Waals surface area contributed by atoms with Crippen LogP contribution in [0.4, 0.5) is 26.3 Å². The smallest absolute Gasteiger partial charge is 0.449 e. The van der Waals surface area contributed by atoms with Crippen LogP contribution in [-0.2, 0) is 35.3 Å². The molecule has 1 amide bonds. The number of carbonyl (C=O) groups excluding carboxylic acids is 1. The minimum Gasteiger partial charge on any atom is -0.481 e. The highest BCUT2D eigenvalue weighted by atomic mass is 19.4. The van der Waals surface area contributed by atoms with Gasteiger partial charge in [-0.25, -0.2) is 22.9 Å². The van der Waals surface area contributed by atoms with Gasteiger partial charge in [-0.15, -0.1) is 0 Å². The van der Waals surface area contributed by atoms with Gasteiger partial charge in [0.25, 0.3) is 0 Å². The maximum absolute atomic E-state index is 13.8. The molecule has 252 valence electrons. The Morgan fingerprint density at radius 2 is 1.49 bits per heavy atom. The van der Waals surface area contributed by atoms with Gasteiger partial charge in [-0.2, -0.15) is 13.2 Å². The molecule has 3 rings (SSSR count). The molecular formula is C30H40F6N4O5. The Labute approximate surface area is 257 Å². The van der Waals surface area contributed by atoms with Crippen molar-refractivity contribution in [1.29, 1.82) is 0 Å². The Morgan fingerprint density at radius 3 is 2.04 bits per heavy atom. The number of carbonyl (C=O) groups is 3. The third-order valence-corrected chi connectivity index (χ3v) is 7.32. The molecule has 4 N–H and O–H groups in total. The van der Waals surface area contributed by atoms with Crippen LogP contribution in [0.2, 0.25) is 0 Å². The van der Waals surface area contributed by atoms with Crippen molar-refractivity contribution in [2.24, 2.45) is 5.73 Å². The first-order chi connectivity index (χ1) is 21.1. The van der Waals surface area contributed by atoms with E-state index in [4.69, 9.17) is 15.9 Å². The summed E-state index contributed by atoms with van der Waals surface area (Å²) in [5, 5.41) is 17.6. The lowest BCUT2D eigenvalue weighted by atomic mass is 10.0. The summed E-state index contributed by atoms with van der Waals surface area (Å²) in [5.41, 5.74) is 4.49. The van der Waals surface area contributed by atoms with E-state index in [1.165, 1.54) is 44.9 Å². The first-order valence-corrected chi connectivity index (χ1v) is 14.9. The quantitative estimate of drug-likeness (QED) is 0.117. The van der Waals surface area contributed by atoms with E-state index >= 15 is 0 Å². The largest absolute Gasteiger partial charge is 0.481 e. The van der Waals surface area contributed by atoms with Crippen LogP contribution in [0.15, 0.2) is 12.1 Å². The number of nitrogens with zero attached hydrogens (tertiary/aromatic N) is 3. The van der Waals surface area contributed by atoms with E-state index in [0.29, 0.717) is 23.1 Å². The van der Waals surface area contributed by atoms with Crippen LogP contribution in [0.25, 0.3) is 0 Å². The highest BCUT2D eigenvalue weighted by Gasteiger charge is 2.41. The van der Waals surface area contributed by atoms with Crippen LogP contribution >= 0.6 is 0 Å². The van der Waals surface area contributed by atoms with E-state index in [2.05, 4.69) is 11.9 Å². The predicted molar refractivity (Wildman–Crippen MR) is 152 cm³/mol. The van der Waals surface area contributed by atoms with Gasteiger partial charge >= 0.3 is 18.1 Å². The maximum atomic E-state index is 13.8. The van der Waals surface area contributed by atoms with Crippen molar-refractivity contribution >= 4 is 17.8 Å². The summed E-state index contributed by atoms with van der Waals surface area (Å²) in [6.45, 7) is 1.31. The van der Waals surface area contributed by atoms with Crippen molar-refractivity contribution in [3.05, 3.63) is 52.4 Å². The number of aliphatic carboxylic acids is 1. The highest BCUT2D eigenvalue weighted by Crippen LogP contribution is 2.32. The number of unbranched alkanes of at least 4 members (excludes halogenated alkanes) is 8. The fourth-order valence-corrected chi connectivity index (χ4v) is 4.98. The van der Waals surface area contributed by atoms with Crippen molar-refractivity contribution in [3.8, 4) is 0 Å². The van der Waals surface area contributed by atoms with E-state index in [1.54, 1.807) is 0 Å². The molecule has 0 saturated carbocycles. The van der Waals surface area contributed by atoms with E-state index < -0.39 is 65.6 Å². The van der Waals surface area contributed by atoms with Gasteiger partial charge in [-0.05, 0) is 24.5 Å². The molecule has 1 aliphatic rings. The topological polar surface area (TPSA) is 139 Å². The number of benzene rings is 1. The van der Waals surface area contributed by atoms with Crippen LogP contribution in [0, 0.1) is 17.5 Å². The van der Waals surface area contributed by atoms with Gasteiger partial charge in [0, 0.05) is 38.0 Å². The molecule has 2 heterocycles. The molecule has 0 unspecified atom stereocenters. The number of aromatic carboxylic acids is 1. The molecule has 1 aromatic heterocycles. The second kappa shape index (κ2) is 17.8. The molecule has 0 spiro atoms.